The van der Waals surface area contributed by atoms with E-state index in [0.717, 1.165) is 32.8 Å². The zero-order valence-corrected chi connectivity index (χ0v) is 10.1. The average Bonchev–Trinajstić information content (AvgIpc) is 2.40. The minimum Gasteiger partial charge on any atom is -0.488 e. The van der Waals surface area contributed by atoms with Gasteiger partial charge in [0, 0.05) is 12.1 Å². The quantitative estimate of drug-likeness (QED) is 0.587. The van der Waals surface area contributed by atoms with Gasteiger partial charge in [-0.3, -0.25) is 10.1 Å². The number of nitrogens with one attached hydrogen (secondary N) is 1. The fourth-order valence-electron chi connectivity index (χ4n) is 1.89. The number of nitrogens with zero attached hydrogens (tertiary/aromatic N) is 1. The molecule has 1 fully saturated rings. The number of non-ortho nitro benzene ring substituents is 1. The van der Waals surface area contributed by atoms with Crippen molar-refractivity contribution in [2.75, 3.05) is 39.5 Å². The van der Waals surface area contributed by atoms with Crippen LogP contribution in [0.3, 0.4) is 0 Å². The summed E-state index contributed by atoms with van der Waals surface area (Å²) in [6.07, 6.45) is 0. The monoisotopic (exact) mass is 253 g/mol. The van der Waals surface area contributed by atoms with E-state index in [1.807, 2.05) is 0 Å². The highest BCUT2D eigenvalue weighted by atomic mass is 16.6. The van der Waals surface area contributed by atoms with Crippen molar-refractivity contribution in [3.8, 4) is 5.75 Å². The topological polar surface area (TPSA) is 66.0 Å². The summed E-state index contributed by atoms with van der Waals surface area (Å²) in [5, 5.41) is 10.5. The summed E-state index contributed by atoms with van der Waals surface area (Å²) in [7, 11) is 0. The van der Waals surface area contributed by atoms with Gasteiger partial charge < -0.3 is 14.4 Å². The average molecular weight is 253 g/mol. The van der Waals surface area contributed by atoms with Gasteiger partial charge in [0.1, 0.15) is 32.0 Å². The summed E-state index contributed by atoms with van der Waals surface area (Å²) in [6, 6.07) is 6.17. The van der Waals surface area contributed by atoms with Crippen LogP contribution in [0.25, 0.3) is 0 Å². The number of benzene rings is 1. The van der Waals surface area contributed by atoms with Crippen LogP contribution in [-0.2, 0) is 4.74 Å². The molecule has 0 atom stereocenters. The number of ether oxygens (including phenoxy) is 2. The van der Waals surface area contributed by atoms with Crippen LogP contribution in [-0.4, -0.2) is 44.4 Å². The predicted octanol–water partition coefficient (Wildman–Crippen LogP) is -0.111. The molecule has 1 aromatic carbocycles. The highest BCUT2D eigenvalue weighted by molar-refractivity contribution is 5.35. The lowest BCUT2D eigenvalue weighted by molar-refractivity contribution is -0.908. The molecule has 2 rings (SSSR count). The summed E-state index contributed by atoms with van der Waals surface area (Å²) in [6.45, 7) is 5.21. The van der Waals surface area contributed by atoms with E-state index in [1.165, 1.54) is 17.0 Å². The number of nitro benzene ring substituents is 1. The van der Waals surface area contributed by atoms with E-state index in [4.69, 9.17) is 9.47 Å². The number of morpholine rings is 1. The molecule has 1 heterocycles. The van der Waals surface area contributed by atoms with Gasteiger partial charge in [0.2, 0.25) is 0 Å². The molecule has 1 saturated heterocycles. The summed E-state index contributed by atoms with van der Waals surface area (Å²) >= 11 is 0. The Hall–Kier alpha value is -1.66. The van der Waals surface area contributed by atoms with Crippen molar-refractivity contribution in [3.05, 3.63) is 34.4 Å². The zero-order valence-electron chi connectivity index (χ0n) is 10.1. The first-order chi connectivity index (χ1) is 8.75. The van der Waals surface area contributed by atoms with Crippen molar-refractivity contribution in [1.82, 2.24) is 0 Å². The van der Waals surface area contributed by atoms with Crippen LogP contribution in [0.4, 0.5) is 5.69 Å². The van der Waals surface area contributed by atoms with Gasteiger partial charge in [-0.25, -0.2) is 0 Å². The van der Waals surface area contributed by atoms with Gasteiger partial charge in [-0.2, -0.15) is 0 Å². The molecule has 0 bridgehead atoms. The number of quaternary nitrogens is 1. The normalized spacial score (nSPS) is 16.4. The Bertz CT molecular complexity index is 388. The number of hydrogen-bond acceptors (Lipinski definition) is 4. The highest BCUT2D eigenvalue weighted by Crippen LogP contribution is 2.16. The molecule has 6 nitrogen and oxygen atoms in total. The van der Waals surface area contributed by atoms with E-state index in [-0.39, 0.29) is 5.69 Å². The number of hydrogen-bond donors (Lipinski definition) is 1. The Labute approximate surface area is 105 Å². The Balaban J connectivity index is 1.74. The first-order valence-corrected chi connectivity index (χ1v) is 6.04. The van der Waals surface area contributed by atoms with Crippen molar-refractivity contribution < 1.29 is 19.3 Å². The maximum atomic E-state index is 10.5. The molecule has 0 aliphatic carbocycles. The van der Waals surface area contributed by atoms with Crippen molar-refractivity contribution >= 4 is 5.69 Å². The fourth-order valence-corrected chi connectivity index (χ4v) is 1.89. The fraction of sp³-hybridized carbons (Fsp3) is 0.500. The molecule has 6 heteroatoms. The molecule has 98 valence electrons. The maximum Gasteiger partial charge on any atom is 0.269 e. The van der Waals surface area contributed by atoms with Crippen molar-refractivity contribution in [3.63, 3.8) is 0 Å². The van der Waals surface area contributed by atoms with Gasteiger partial charge in [0.05, 0.1) is 18.1 Å². The Morgan fingerprint density at radius 1 is 1.28 bits per heavy atom. The number of nitro groups is 1. The molecule has 1 aliphatic rings. The van der Waals surface area contributed by atoms with Crippen LogP contribution < -0.4 is 9.64 Å². The zero-order chi connectivity index (χ0) is 12.8. The third kappa shape index (κ3) is 3.68. The van der Waals surface area contributed by atoms with E-state index in [1.54, 1.807) is 12.1 Å². The second kappa shape index (κ2) is 6.32. The molecule has 1 aliphatic heterocycles. The predicted molar refractivity (Wildman–Crippen MR) is 65.0 cm³/mol. The third-order valence-corrected chi connectivity index (χ3v) is 2.97. The molecule has 1 N–H and O–H groups in total. The number of rotatable bonds is 5. The van der Waals surface area contributed by atoms with Gasteiger partial charge in [-0.15, -0.1) is 0 Å². The summed E-state index contributed by atoms with van der Waals surface area (Å²) in [4.78, 5) is 11.5. The van der Waals surface area contributed by atoms with Crippen LogP contribution >= 0.6 is 0 Å². The first kappa shape index (κ1) is 12.8. The SMILES string of the molecule is O=[N+]([O-])c1ccc(OCC[NH+]2CCOCC2)cc1. The summed E-state index contributed by atoms with van der Waals surface area (Å²) in [5.74, 6) is 0.674. The van der Waals surface area contributed by atoms with E-state index in [9.17, 15) is 10.1 Å². The lowest BCUT2D eigenvalue weighted by atomic mass is 10.3. The van der Waals surface area contributed by atoms with E-state index in [0.29, 0.717) is 12.4 Å². The summed E-state index contributed by atoms with van der Waals surface area (Å²) in [5.41, 5.74) is 0.0844. The molecule has 0 unspecified atom stereocenters. The second-order valence-corrected chi connectivity index (χ2v) is 4.21. The van der Waals surface area contributed by atoms with Crippen LogP contribution in [0.15, 0.2) is 24.3 Å². The summed E-state index contributed by atoms with van der Waals surface area (Å²) < 4.78 is 10.8. The molecular weight excluding hydrogens is 236 g/mol. The van der Waals surface area contributed by atoms with E-state index >= 15 is 0 Å². The van der Waals surface area contributed by atoms with Crippen LogP contribution in [0.5, 0.6) is 5.75 Å². The molecule has 0 spiro atoms. The van der Waals surface area contributed by atoms with Crippen LogP contribution in [0, 0.1) is 10.1 Å². The van der Waals surface area contributed by atoms with E-state index in [2.05, 4.69) is 0 Å². The minimum absolute atomic E-state index is 0.0844. The van der Waals surface area contributed by atoms with Crippen LogP contribution in [0.1, 0.15) is 0 Å². The van der Waals surface area contributed by atoms with Crippen molar-refractivity contribution in [2.24, 2.45) is 0 Å². The standard InChI is InChI=1S/C12H16N2O4/c15-14(16)11-1-3-12(4-2-11)18-10-7-13-5-8-17-9-6-13/h1-4H,5-10H2/p+1. The molecule has 18 heavy (non-hydrogen) atoms. The van der Waals surface area contributed by atoms with Gasteiger partial charge in [0.25, 0.3) is 5.69 Å². The highest BCUT2D eigenvalue weighted by Gasteiger charge is 2.13. The maximum absolute atomic E-state index is 10.5. The molecular formula is C12H17N2O4+. The lowest BCUT2D eigenvalue weighted by Crippen LogP contribution is -3.14. The molecule has 0 radical (unpaired) electrons. The first-order valence-electron chi connectivity index (χ1n) is 6.04. The Kier molecular flexibility index (Phi) is 4.49. The van der Waals surface area contributed by atoms with Gasteiger partial charge in [0.15, 0.2) is 0 Å². The largest absolute Gasteiger partial charge is 0.488 e. The van der Waals surface area contributed by atoms with E-state index < -0.39 is 4.92 Å². The van der Waals surface area contributed by atoms with Gasteiger partial charge in [-0.1, -0.05) is 0 Å². The molecule has 0 amide bonds. The molecule has 0 saturated carbocycles. The van der Waals surface area contributed by atoms with Crippen molar-refractivity contribution in [2.45, 2.75) is 0 Å². The van der Waals surface area contributed by atoms with Crippen molar-refractivity contribution in [1.29, 1.82) is 0 Å². The lowest BCUT2D eigenvalue weighted by Gasteiger charge is -2.23. The smallest absolute Gasteiger partial charge is 0.269 e. The second-order valence-electron chi connectivity index (χ2n) is 4.21. The third-order valence-electron chi connectivity index (χ3n) is 2.97. The minimum atomic E-state index is -0.415. The van der Waals surface area contributed by atoms with Crippen LogP contribution in [0.2, 0.25) is 0 Å². The van der Waals surface area contributed by atoms with Gasteiger partial charge >= 0.3 is 0 Å². The van der Waals surface area contributed by atoms with Gasteiger partial charge in [-0.05, 0) is 12.1 Å². The molecule has 1 aromatic rings. The molecule has 0 aromatic heterocycles. The Morgan fingerprint density at radius 3 is 2.56 bits per heavy atom. The Morgan fingerprint density at radius 2 is 1.94 bits per heavy atom.